The lowest BCUT2D eigenvalue weighted by molar-refractivity contribution is 0.0696. The number of ether oxygens (including phenoxy) is 1. The number of carboxylic acids is 1. The van der Waals surface area contributed by atoms with Crippen molar-refractivity contribution in [1.29, 1.82) is 0 Å². The van der Waals surface area contributed by atoms with Gasteiger partial charge in [0.05, 0.1) is 17.7 Å². The monoisotopic (exact) mass is 323 g/mol. The molecule has 2 aromatic rings. The smallest absolute Gasteiger partial charge is 0.335 e. The summed E-state index contributed by atoms with van der Waals surface area (Å²) in [5.74, 6) is -0.516. The van der Waals surface area contributed by atoms with Crippen LogP contribution in [0.15, 0.2) is 42.5 Å². The van der Waals surface area contributed by atoms with Crippen molar-refractivity contribution in [2.24, 2.45) is 5.92 Å². The fourth-order valence-corrected chi connectivity index (χ4v) is 3.91. The van der Waals surface area contributed by atoms with Crippen LogP contribution in [0.25, 0.3) is 0 Å². The zero-order valence-corrected chi connectivity index (χ0v) is 13.7. The molecule has 24 heavy (non-hydrogen) atoms. The Morgan fingerprint density at radius 3 is 2.75 bits per heavy atom. The number of aromatic carboxylic acids is 1. The molecule has 1 saturated heterocycles. The first-order chi connectivity index (χ1) is 11.7. The van der Waals surface area contributed by atoms with Crippen LogP contribution in [0.5, 0.6) is 0 Å². The Balaban J connectivity index is 1.71. The third kappa shape index (κ3) is 2.47. The molecule has 2 N–H and O–H groups in total. The van der Waals surface area contributed by atoms with Crippen LogP contribution in [0, 0.1) is 5.92 Å². The number of nitrogens with one attached hydrogen (secondary N) is 1. The van der Waals surface area contributed by atoms with Crippen LogP contribution in [0.4, 0.5) is 5.69 Å². The van der Waals surface area contributed by atoms with Crippen LogP contribution in [-0.4, -0.2) is 17.7 Å². The number of carbonyl (C=O) groups is 1. The normalized spacial score (nSPS) is 24.8. The number of benzene rings is 2. The molecule has 3 atom stereocenters. The van der Waals surface area contributed by atoms with Gasteiger partial charge in [0.2, 0.25) is 0 Å². The van der Waals surface area contributed by atoms with Gasteiger partial charge >= 0.3 is 5.97 Å². The Morgan fingerprint density at radius 1 is 1.25 bits per heavy atom. The number of aryl methyl sites for hydroxylation is 1. The molecule has 0 radical (unpaired) electrons. The van der Waals surface area contributed by atoms with E-state index >= 15 is 0 Å². The van der Waals surface area contributed by atoms with Crippen LogP contribution in [0.2, 0.25) is 0 Å². The molecule has 2 aliphatic heterocycles. The second-order valence-corrected chi connectivity index (χ2v) is 6.57. The molecule has 0 amide bonds. The Hall–Kier alpha value is -2.33. The quantitative estimate of drug-likeness (QED) is 0.889. The number of hydrogen-bond acceptors (Lipinski definition) is 3. The third-order valence-corrected chi connectivity index (χ3v) is 5.22. The molecular formula is C20H21NO3. The van der Waals surface area contributed by atoms with Gasteiger partial charge in [-0.2, -0.15) is 0 Å². The number of rotatable bonds is 3. The second kappa shape index (κ2) is 5.95. The lowest BCUT2D eigenvalue weighted by Crippen LogP contribution is -2.29. The lowest BCUT2D eigenvalue weighted by Gasteiger charge is -2.36. The summed E-state index contributed by atoms with van der Waals surface area (Å²) in [7, 11) is 0. The number of fused-ring (bicyclic) bond motifs is 3. The van der Waals surface area contributed by atoms with E-state index in [2.05, 4.69) is 30.4 Å². The van der Waals surface area contributed by atoms with Gasteiger partial charge in [0.1, 0.15) is 0 Å². The maximum atomic E-state index is 11.1. The molecule has 0 unspecified atom stereocenters. The standard InChI is InChI=1S/C20H21NO3/c1-2-12-3-8-17-16(11-12)19-15(9-10-24-19)18(21-17)13-4-6-14(7-5-13)20(22)23/h3-8,11,15,18-19,21H,2,9-10H2,1H3,(H,22,23)/t15-,18+,19-/m0/s1. The predicted molar refractivity (Wildman–Crippen MR) is 92.4 cm³/mol. The van der Waals surface area contributed by atoms with E-state index in [0.717, 1.165) is 30.7 Å². The Bertz CT molecular complexity index is 769. The van der Waals surface area contributed by atoms with Gasteiger partial charge in [-0.05, 0) is 42.2 Å². The number of hydrogen-bond donors (Lipinski definition) is 2. The van der Waals surface area contributed by atoms with E-state index in [1.807, 2.05) is 12.1 Å². The highest BCUT2D eigenvalue weighted by Gasteiger charge is 2.41. The molecule has 0 aromatic heterocycles. The van der Waals surface area contributed by atoms with Crippen molar-refractivity contribution in [2.75, 3.05) is 11.9 Å². The highest BCUT2D eigenvalue weighted by molar-refractivity contribution is 5.87. The fourth-order valence-electron chi connectivity index (χ4n) is 3.91. The van der Waals surface area contributed by atoms with Gasteiger partial charge in [0, 0.05) is 23.8 Å². The van der Waals surface area contributed by atoms with Crippen LogP contribution in [-0.2, 0) is 11.2 Å². The summed E-state index contributed by atoms with van der Waals surface area (Å²) < 4.78 is 6.06. The maximum absolute atomic E-state index is 11.1. The summed E-state index contributed by atoms with van der Waals surface area (Å²) >= 11 is 0. The predicted octanol–water partition coefficient (Wildman–Crippen LogP) is 4.19. The Morgan fingerprint density at radius 2 is 2.04 bits per heavy atom. The van der Waals surface area contributed by atoms with Gasteiger partial charge in [0.15, 0.2) is 0 Å². The molecule has 4 rings (SSSR count). The Kier molecular flexibility index (Phi) is 3.77. The molecule has 124 valence electrons. The first kappa shape index (κ1) is 15.2. The van der Waals surface area contributed by atoms with E-state index in [1.54, 1.807) is 12.1 Å². The minimum Gasteiger partial charge on any atom is -0.478 e. The van der Waals surface area contributed by atoms with E-state index in [1.165, 1.54) is 11.1 Å². The van der Waals surface area contributed by atoms with Crippen molar-refractivity contribution in [1.82, 2.24) is 0 Å². The molecule has 4 heteroatoms. The molecule has 4 nitrogen and oxygen atoms in total. The summed E-state index contributed by atoms with van der Waals surface area (Å²) in [6, 6.07) is 13.9. The van der Waals surface area contributed by atoms with Crippen molar-refractivity contribution >= 4 is 11.7 Å². The molecule has 0 bridgehead atoms. The second-order valence-electron chi connectivity index (χ2n) is 6.57. The fraction of sp³-hybridized carbons (Fsp3) is 0.350. The number of carboxylic acid groups (broad SMARTS) is 1. The highest BCUT2D eigenvalue weighted by Crippen LogP contribution is 2.50. The van der Waals surface area contributed by atoms with Crippen LogP contribution < -0.4 is 5.32 Å². The average molecular weight is 323 g/mol. The van der Waals surface area contributed by atoms with Crippen molar-refractivity contribution in [3.05, 3.63) is 64.7 Å². The van der Waals surface area contributed by atoms with Crippen molar-refractivity contribution < 1.29 is 14.6 Å². The third-order valence-electron chi connectivity index (χ3n) is 5.22. The molecule has 2 heterocycles. The zero-order chi connectivity index (χ0) is 16.7. The van der Waals surface area contributed by atoms with E-state index in [4.69, 9.17) is 9.84 Å². The van der Waals surface area contributed by atoms with Crippen molar-refractivity contribution in [2.45, 2.75) is 31.9 Å². The van der Waals surface area contributed by atoms with Gasteiger partial charge < -0.3 is 15.2 Å². The van der Waals surface area contributed by atoms with Crippen molar-refractivity contribution in [3.8, 4) is 0 Å². The van der Waals surface area contributed by atoms with Gasteiger partial charge in [-0.1, -0.05) is 31.2 Å². The molecule has 1 fully saturated rings. The minimum absolute atomic E-state index is 0.122. The first-order valence-corrected chi connectivity index (χ1v) is 8.51. The molecule has 2 aliphatic rings. The van der Waals surface area contributed by atoms with Crippen LogP contribution >= 0.6 is 0 Å². The molecule has 0 aliphatic carbocycles. The van der Waals surface area contributed by atoms with E-state index in [-0.39, 0.29) is 12.1 Å². The van der Waals surface area contributed by atoms with Crippen molar-refractivity contribution in [3.63, 3.8) is 0 Å². The van der Waals surface area contributed by atoms with E-state index in [9.17, 15) is 4.79 Å². The van der Waals surface area contributed by atoms with E-state index < -0.39 is 5.97 Å². The SMILES string of the molecule is CCc1ccc2c(c1)[C@H]1OCC[C@H]1[C@@H](c1ccc(C(=O)O)cc1)N2. The van der Waals surface area contributed by atoms with Gasteiger partial charge in [-0.15, -0.1) is 0 Å². The molecule has 2 aromatic carbocycles. The lowest BCUT2D eigenvalue weighted by atomic mass is 9.80. The van der Waals surface area contributed by atoms with Crippen LogP contribution in [0.1, 0.15) is 52.5 Å². The summed E-state index contributed by atoms with van der Waals surface area (Å²) in [5, 5.41) is 12.7. The molecule has 0 saturated carbocycles. The molecule has 0 spiro atoms. The summed E-state index contributed by atoms with van der Waals surface area (Å²) in [5.41, 5.74) is 5.15. The highest BCUT2D eigenvalue weighted by atomic mass is 16.5. The van der Waals surface area contributed by atoms with E-state index in [0.29, 0.717) is 11.5 Å². The minimum atomic E-state index is -0.891. The summed E-state index contributed by atoms with van der Waals surface area (Å²) in [6.07, 6.45) is 2.15. The largest absolute Gasteiger partial charge is 0.478 e. The Labute approximate surface area is 141 Å². The number of anilines is 1. The van der Waals surface area contributed by atoms with Gasteiger partial charge in [-0.25, -0.2) is 4.79 Å². The summed E-state index contributed by atoms with van der Waals surface area (Å²) in [6.45, 7) is 2.94. The topological polar surface area (TPSA) is 58.6 Å². The molecular weight excluding hydrogens is 302 g/mol. The summed E-state index contributed by atoms with van der Waals surface area (Å²) in [4.78, 5) is 11.1. The maximum Gasteiger partial charge on any atom is 0.335 e. The van der Waals surface area contributed by atoms with Gasteiger partial charge in [0.25, 0.3) is 0 Å². The zero-order valence-electron chi connectivity index (χ0n) is 13.7. The van der Waals surface area contributed by atoms with Crippen LogP contribution in [0.3, 0.4) is 0 Å². The first-order valence-electron chi connectivity index (χ1n) is 8.51. The average Bonchev–Trinajstić information content (AvgIpc) is 3.10. The van der Waals surface area contributed by atoms with Gasteiger partial charge in [-0.3, -0.25) is 0 Å².